The van der Waals surface area contributed by atoms with Crippen molar-refractivity contribution in [1.29, 1.82) is 0 Å². The normalized spacial score (nSPS) is 13.9. The Labute approximate surface area is 228 Å². The molecule has 0 fully saturated rings. The number of nitrogens with zero attached hydrogens (tertiary/aromatic N) is 2. The second-order valence-electron chi connectivity index (χ2n) is 12.9. The highest BCUT2D eigenvalue weighted by Gasteiger charge is 2.17. The van der Waals surface area contributed by atoms with Crippen molar-refractivity contribution < 1.29 is 9.28 Å². The van der Waals surface area contributed by atoms with Crippen LogP contribution in [0.1, 0.15) is 82.1 Å². The van der Waals surface area contributed by atoms with Gasteiger partial charge in [-0.05, 0) is 60.7 Å². The third kappa shape index (κ3) is 11.6. The topological polar surface area (TPSA) is 32.3 Å². The van der Waals surface area contributed by atoms with Crippen LogP contribution in [0.2, 0.25) is 0 Å². The van der Waals surface area contributed by atoms with E-state index in [1.54, 1.807) is 0 Å². The van der Waals surface area contributed by atoms with Crippen LogP contribution in [0.15, 0.2) is 36.4 Å². The van der Waals surface area contributed by atoms with Crippen LogP contribution in [0.3, 0.4) is 0 Å². The Balaban J connectivity index is 1.92. The third-order valence-corrected chi connectivity index (χ3v) is 7.85. The SMILES string of the molecule is CC(C)CCCC(C)CCCC(C)Cc1cccc2c(C(=O)NCC[N+](C)(C)CCN(C)C)cccc12. The van der Waals surface area contributed by atoms with Gasteiger partial charge in [-0.15, -0.1) is 0 Å². The Hall–Kier alpha value is -1.91. The van der Waals surface area contributed by atoms with Gasteiger partial charge >= 0.3 is 0 Å². The van der Waals surface area contributed by atoms with Crippen LogP contribution in [-0.2, 0) is 6.42 Å². The van der Waals surface area contributed by atoms with Crippen LogP contribution >= 0.6 is 0 Å². The van der Waals surface area contributed by atoms with Crippen LogP contribution in [-0.4, -0.2) is 69.7 Å². The van der Waals surface area contributed by atoms with Gasteiger partial charge in [0.15, 0.2) is 0 Å². The summed E-state index contributed by atoms with van der Waals surface area (Å²) in [4.78, 5) is 15.3. The van der Waals surface area contributed by atoms with E-state index >= 15 is 0 Å². The van der Waals surface area contributed by atoms with Crippen molar-refractivity contribution in [2.45, 2.75) is 72.6 Å². The van der Waals surface area contributed by atoms with Crippen molar-refractivity contribution >= 4 is 16.7 Å². The van der Waals surface area contributed by atoms with E-state index in [-0.39, 0.29) is 5.91 Å². The predicted octanol–water partition coefficient (Wildman–Crippen LogP) is 7.02. The first-order valence-corrected chi connectivity index (χ1v) is 14.7. The molecule has 0 radical (unpaired) electrons. The molecule has 0 bridgehead atoms. The van der Waals surface area contributed by atoms with Gasteiger partial charge in [0.05, 0.1) is 33.7 Å². The molecule has 2 aromatic carbocycles. The Bertz CT molecular complexity index is 950. The minimum absolute atomic E-state index is 0.0369. The van der Waals surface area contributed by atoms with Gasteiger partial charge in [0, 0.05) is 12.1 Å². The molecule has 0 aromatic heterocycles. The maximum absolute atomic E-state index is 13.1. The van der Waals surface area contributed by atoms with E-state index in [1.165, 1.54) is 49.5 Å². The zero-order chi connectivity index (χ0) is 27.4. The molecule has 4 nitrogen and oxygen atoms in total. The maximum atomic E-state index is 13.1. The molecule has 1 amide bonds. The summed E-state index contributed by atoms with van der Waals surface area (Å²) < 4.78 is 0.896. The number of hydrogen-bond donors (Lipinski definition) is 1. The Kier molecular flexibility index (Phi) is 13.1. The van der Waals surface area contributed by atoms with E-state index in [1.807, 2.05) is 12.1 Å². The van der Waals surface area contributed by atoms with Crippen LogP contribution in [0.5, 0.6) is 0 Å². The molecule has 1 N–H and O–H groups in total. The highest BCUT2D eigenvalue weighted by Crippen LogP contribution is 2.27. The number of quaternary nitrogens is 1. The van der Waals surface area contributed by atoms with Crippen LogP contribution in [0.4, 0.5) is 0 Å². The number of likely N-dealkylation sites (N-methyl/N-ethyl adjacent to an activating group) is 2. The van der Waals surface area contributed by atoms with Crippen molar-refractivity contribution in [3.63, 3.8) is 0 Å². The second kappa shape index (κ2) is 15.5. The van der Waals surface area contributed by atoms with Gasteiger partial charge in [-0.1, -0.05) is 96.6 Å². The van der Waals surface area contributed by atoms with Gasteiger partial charge in [-0.3, -0.25) is 4.79 Å². The smallest absolute Gasteiger partial charge is 0.252 e. The lowest BCUT2D eigenvalue weighted by Crippen LogP contribution is -2.48. The molecule has 4 heteroatoms. The first-order chi connectivity index (χ1) is 17.5. The summed E-state index contributed by atoms with van der Waals surface area (Å²) in [5.74, 6) is 2.34. The van der Waals surface area contributed by atoms with Gasteiger partial charge in [0.25, 0.3) is 5.91 Å². The fourth-order valence-electron chi connectivity index (χ4n) is 5.21. The monoisotopic (exact) mass is 510 g/mol. The highest BCUT2D eigenvalue weighted by atomic mass is 16.1. The molecule has 0 heterocycles. The molecule has 2 rings (SSSR count). The highest BCUT2D eigenvalue weighted by molar-refractivity contribution is 6.07. The average Bonchev–Trinajstić information content (AvgIpc) is 2.82. The zero-order valence-corrected chi connectivity index (χ0v) is 25.3. The van der Waals surface area contributed by atoms with Gasteiger partial charge < -0.3 is 14.7 Å². The lowest BCUT2D eigenvalue weighted by Gasteiger charge is -2.31. The number of amides is 1. The number of carbonyl (C=O) groups excluding carboxylic acids is 1. The quantitative estimate of drug-likeness (QED) is 0.232. The first-order valence-electron chi connectivity index (χ1n) is 14.7. The summed E-state index contributed by atoms with van der Waals surface area (Å²) in [5.41, 5.74) is 2.16. The molecule has 2 aromatic rings. The minimum Gasteiger partial charge on any atom is -0.346 e. The predicted molar refractivity (Wildman–Crippen MR) is 161 cm³/mol. The zero-order valence-electron chi connectivity index (χ0n) is 25.3. The lowest BCUT2D eigenvalue weighted by atomic mass is 9.89. The van der Waals surface area contributed by atoms with Crippen LogP contribution < -0.4 is 5.32 Å². The van der Waals surface area contributed by atoms with Crippen LogP contribution in [0, 0.1) is 17.8 Å². The second-order valence-corrected chi connectivity index (χ2v) is 12.9. The first kappa shape index (κ1) is 31.3. The summed E-state index contributed by atoms with van der Waals surface area (Å²) >= 11 is 0. The molecular formula is C33H56N3O+. The van der Waals surface area contributed by atoms with Gasteiger partial charge in [-0.25, -0.2) is 0 Å². The maximum Gasteiger partial charge on any atom is 0.252 e. The van der Waals surface area contributed by atoms with E-state index in [2.05, 4.69) is 90.4 Å². The van der Waals surface area contributed by atoms with Crippen molar-refractivity contribution in [3.8, 4) is 0 Å². The molecule has 0 saturated carbocycles. The van der Waals surface area contributed by atoms with Crippen molar-refractivity contribution in [3.05, 3.63) is 47.5 Å². The Morgan fingerprint density at radius 3 is 2.14 bits per heavy atom. The molecule has 0 spiro atoms. The van der Waals surface area contributed by atoms with E-state index in [9.17, 15) is 4.79 Å². The fraction of sp³-hybridized carbons (Fsp3) is 0.667. The number of rotatable bonds is 17. The molecular weight excluding hydrogens is 454 g/mol. The molecule has 0 aliphatic heterocycles. The van der Waals surface area contributed by atoms with Crippen molar-refractivity contribution in [1.82, 2.24) is 10.2 Å². The van der Waals surface area contributed by atoms with Crippen molar-refractivity contribution in [2.24, 2.45) is 17.8 Å². The van der Waals surface area contributed by atoms with Gasteiger partial charge in [-0.2, -0.15) is 0 Å². The lowest BCUT2D eigenvalue weighted by molar-refractivity contribution is -0.888. The molecule has 0 saturated heterocycles. The summed E-state index contributed by atoms with van der Waals surface area (Å²) in [6.45, 7) is 13.2. The number of hydrogen-bond acceptors (Lipinski definition) is 2. The summed E-state index contributed by atoms with van der Waals surface area (Å²) in [5, 5.41) is 5.49. The molecule has 0 aliphatic rings. The fourth-order valence-corrected chi connectivity index (χ4v) is 5.21. The molecule has 0 aliphatic carbocycles. The molecule has 208 valence electrons. The van der Waals surface area contributed by atoms with Crippen molar-refractivity contribution in [2.75, 3.05) is 54.4 Å². The molecule has 2 unspecified atom stereocenters. The van der Waals surface area contributed by atoms with E-state index in [0.29, 0.717) is 12.5 Å². The number of fused-ring (bicyclic) bond motifs is 1. The minimum atomic E-state index is 0.0369. The van der Waals surface area contributed by atoms with Gasteiger partial charge in [0.2, 0.25) is 0 Å². The standard InChI is InChI=1S/C33H55N3O/c1-26(2)13-9-14-27(3)15-10-16-28(4)25-29-17-11-19-31-30(29)18-12-20-32(31)33(37)34-21-23-36(7,8)24-22-35(5)6/h11-12,17-20,26-28H,9-10,13-16,21-25H2,1-8H3/p+1. The number of nitrogens with one attached hydrogen (secondary N) is 1. The average molecular weight is 511 g/mol. The third-order valence-electron chi connectivity index (χ3n) is 7.85. The summed E-state index contributed by atoms with van der Waals surface area (Å²) in [7, 11) is 8.67. The Morgan fingerprint density at radius 1 is 0.838 bits per heavy atom. The van der Waals surface area contributed by atoms with E-state index in [4.69, 9.17) is 0 Å². The summed E-state index contributed by atoms with van der Waals surface area (Å²) in [6, 6.07) is 12.7. The number of benzene rings is 2. The largest absolute Gasteiger partial charge is 0.346 e. The Morgan fingerprint density at radius 2 is 1.46 bits per heavy atom. The van der Waals surface area contributed by atoms with E-state index < -0.39 is 0 Å². The van der Waals surface area contributed by atoms with E-state index in [0.717, 1.165) is 53.3 Å². The number of carbonyl (C=O) groups is 1. The summed E-state index contributed by atoms with van der Waals surface area (Å²) in [6.07, 6.45) is 9.09. The van der Waals surface area contributed by atoms with Crippen LogP contribution in [0.25, 0.3) is 10.8 Å². The molecule has 37 heavy (non-hydrogen) atoms. The van der Waals surface area contributed by atoms with Gasteiger partial charge in [0.1, 0.15) is 0 Å². The molecule has 2 atom stereocenters.